The summed E-state index contributed by atoms with van der Waals surface area (Å²) < 4.78 is 13.6. The first-order valence-electron chi connectivity index (χ1n) is 9.19. The number of carbonyl (C=O) groups is 1. The second kappa shape index (κ2) is 7.81. The molecule has 1 fully saturated rings. The van der Waals surface area contributed by atoms with Gasteiger partial charge in [-0.25, -0.2) is 14.4 Å². The van der Waals surface area contributed by atoms with Crippen molar-refractivity contribution in [3.63, 3.8) is 0 Å². The molecule has 1 aromatic carbocycles. The molecule has 0 aliphatic carbocycles. The van der Waals surface area contributed by atoms with E-state index < -0.39 is 0 Å². The number of aromatic nitrogens is 2. The van der Waals surface area contributed by atoms with Crippen LogP contribution >= 0.6 is 0 Å². The number of halogens is 1. The number of rotatable bonds is 4. The lowest BCUT2D eigenvalue weighted by molar-refractivity contribution is -0.131. The molecular formula is C20H25FN4O. The molecule has 5 nitrogen and oxygen atoms in total. The lowest BCUT2D eigenvalue weighted by Gasteiger charge is -2.36. The monoisotopic (exact) mass is 356 g/mol. The molecule has 1 aliphatic heterocycles. The Morgan fingerprint density at radius 2 is 1.88 bits per heavy atom. The minimum absolute atomic E-state index is 0.194. The van der Waals surface area contributed by atoms with Gasteiger partial charge in [0.15, 0.2) is 5.82 Å². The van der Waals surface area contributed by atoms with E-state index in [4.69, 9.17) is 4.98 Å². The van der Waals surface area contributed by atoms with Crippen LogP contribution in [0.15, 0.2) is 24.3 Å². The molecule has 2 heterocycles. The summed E-state index contributed by atoms with van der Waals surface area (Å²) in [6.07, 6.45) is 1.37. The summed E-state index contributed by atoms with van der Waals surface area (Å²) in [5, 5.41) is 0. The summed E-state index contributed by atoms with van der Waals surface area (Å²) >= 11 is 0. The van der Waals surface area contributed by atoms with Gasteiger partial charge in [0.2, 0.25) is 5.91 Å². The number of carbonyl (C=O) groups excluding carboxylic acids is 1. The fourth-order valence-electron chi connectivity index (χ4n) is 3.40. The van der Waals surface area contributed by atoms with E-state index in [0.717, 1.165) is 36.6 Å². The summed E-state index contributed by atoms with van der Waals surface area (Å²) in [5.41, 5.74) is 2.71. The van der Waals surface area contributed by atoms with Gasteiger partial charge in [0.1, 0.15) is 11.6 Å². The molecule has 0 saturated carbocycles. The van der Waals surface area contributed by atoms with Crippen molar-refractivity contribution >= 4 is 11.7 Å². The third kappa shape index (κ3) is 3.69. The van der Waals surface area contributed by atoms with Crippen LogP contribution in [-0.2, 0) is 11.2 Å². The number of piperazine rings is 1. The molecule has 3 rings (SSSR count). The zero-order valence-electron chi connectivity index (χ0n) is 15.6. The Morgan fingerprint density at radius 3 is 2.50 bits per heavy atom. The summed E-state index contributed by atoms with van der Waals surface area (Å²) in [6, 6.07) is 6.38. The van der Waals surface area contributed by atoms with Crippen LogP contribution < -0.4 is 4.90 Å². The molecule has 0 radical (unpaired) electrons. The molecule has 1 aromatic heterocycles. The van der Waals surface area contributed by atoms with Crippen LogP contribution in [0.5, 0.6) is 0 Å². The van der Waals surface area contributed by atoms with E-state index in [1.807, 2.05) is 24.8 Å². The molecule has 1 amide bonds. The Kier molecular flexibility index (Phi) is 5.49. The number of nitrogens with zero attached hydrogens (tertiary/aromatic N) is 4. The van der Waals surface area contributed by atoms with E-state index >= 15 is 0 Å². The average molecular weight is 356 g/mol. The molecule has 2 aromatic rings. The Bertz CT molecular complexity index is 800. The molecule has 26 heavy (non-hydrogen) atoms. The average Bonchev–Trinajstić information content (AvgIpc) is 2.67. The van der Waals surface area contributed by atoms with Crippen LogP contribution in [0, 0.1) is 12.7 Å². The first-order valence-corrected chi connectivity index (χ1v) is 9.19. The predicted molar refractivity (Wildman–Crippen MR) is 101 cm³/mol. The second-order valence-corrected chi connectivity index (χ2v) is 6.52. The zero-order chi connectivity index (χ0) is 18.7. The van der Waals surface area contributed by atoms with Crippen molar-refractivity contribution in [1.29, 1.82) is 0 Å². The predicted octanol–water partition coefficient (Wildman–Crippen LogP) is 3.21. The third-order valence-corrected chi connectivity index (χ3v) is 4.86. The Hall–Kier alpha value is -2.50. The standard InChI is InChI=1S/C20H25FN4O/c1-4-17-14(3)22-19(15-7-6-8-16(21)13-15)23-20(17)25-11-9-24(10-12-25)18(26)5-2/h6-8,13H,4-5,9-12H2,1-3H3. The van der Waals surface area contributed by atoms with Gasteiger partial charge >= 0.3 is 0 Å². The molecule has 0 unspecified atom stereocenters. The van der Waals surface area contributed by atoms with Crippen LogP contribution in [0.4, 0.5) is 10.2 Å². The lowest BCUT2D eigenvalue weighted by Crippen LogP contribution is -2.49. The maximum atomic E-state index is 13.6. The topological polar surface area (TPSA) is 49.3 Å². The second-order valence-electron chi connectivity index (χ2n) is 6.52. The van der Waals surface area contributed by atoms with E-state index in [1.54, 1.807) is 6.07 Å². The van der Waals surface area contributed by atoms with E-state index in [2.05, 4.69) is 16.8 Å². The van der Waals surface area contributed by atoms with Gasteiger partial charge in [-0.1, -0.05) is 26.0 Å². The van der Waals surface area contributed by atoms with E-state index in [1.165, 1.54) is 12.1 Å². The zero-order valence-corrected chi connectivity index (χ0v) is 15.6. The van der Waals surface area contributed by atoms with Crippen LogP contribution in [-0.4, -0.2) is 47.0 Å². The van der Waals surface area contributed by atoms with Gasteiger partial charge in [-0.3, -0.25) is 4.79 Å². The normalized spacial score (nSPS) is 14.6. The highest BCUT2D eigenvalue weighted by Gasteiger charge is 2.24. The van der Waals surface area contributed by atoms with Crippen molar-refractivity contribution in [3.8, 4) is 11.4 Å². The molecule has 0 atom stereocenters. The summed E-state index contributed by atoms with van der Waals surface area (Å²) in [5.74, 6) is 1.35. The Labute approximate surface area is 153 Å². The smallest absolute Gasteiger partial charge is 0.222 e. The van der Waals surface area contributed by atoms with Crippen molar-refractivity contribution in [2.75, 3.05) is 31.1 Å². The quantitative estimate of drug-likeness (QED) is 0.844. The maximum Gasteiger partial charge on any atom is 0.222 e. The van der Waals surface area contributed by atoms with Crippen LogP contribution in [0.25, 0.3) is 11.4 Å². The molecule has 1 aliphatic rings. The largest absolute Gasteiger partial charge is 0.353 e. The van der Waals surface area contributed by atoms with Crippen molar-refractivity contribution in [3.05, 3.63) is 41.3 Å². The minimum Gasteiger partial charge on any atom is -0.353 e. The first kappa shape index (κ1) is 18.3. The highest BCUT2D eigenvalue weighted by molar-refractivity contribution is 5.76. The minimum atomic E-state index is -0.295. The molecule has 0 spiro atoms. The number of hydrogen-bond acceptors (Lipinski definition) is 4. The summed E-state index contributed by atoms with van der Waals surface area (Å²) in [4.78, 5) is 25.4. The molecular weight excluding hydrogens is 331 g/mol. The Balaban J connectivity index is 1.92. The van der Waals surface area contributed by atoms with Gasteiger partial charge in [-0.2, -0.15) is 0 Å². The highest BCUT2D eigenvalue weighted by atomic mass is 19.1. The fourth-order valence-corrected chi connectivity index (χ4v) is 3.40. The van der Waals surface area contributed by atoms with Crippen LogP contribution in [0.2, 0.25) is 0 Å². The third-order valence-electron chi connectivity index (χ3n) is 4.86. The molecule has 6 heteroatoms. The Morgan fingerprint density at radius 1 is 1.15 bits per heavy atom. The summed E-state index contributed by atoms with van der Waals surface area (Å²) in [6.45, 7) is 8.86. The molecule has 0 N–H and O–H groups in total. The summed E-state index contributed by atoms with van der Waals surface area (Å²) in [7, 11) is 0. The maximum absolute atomic E-state index is 13.6. The van der Waals surface area contributed by atoms with Gasteiger partial charge in [-0.15, -0.1) is 0 Å². The highest BCUT2D eigenvalue weighted by Crippen LogP contribution is 2.27. The number of benzene rings is 1. The fraction of sp³-hybridized carbons (Fsp3) is 0.450. The SMILES string of the molecule is CCC(=O)N1CCN(c2nc(-c3cccc(F)c3)nc(C)c2CC)CC1. The molecule has 1 saturated heterocycles. The van der Waals surface area contributed by atoms with Crippen molar-refractivity contribution in [2.45, 2.75) is 33.6 Å². The molecule has 0 bridgehead atoms. The number of aryl methyl sites for hydroxylation is 1. The van der Waals surface area contributed by atoms with Crippen LogP contribution in [0.1, 0.15) is 31.5 Å². The number of anilines is 1. The first-order chi connectivity index (χ1) is 12.5. The number of hydrogen-bond donors (Lipinski definition) is 0. The van der Waals surface area contributed by atoms with Crippen molar-refractivity contribution in [2.24, 2.45) is 0 Å². The van der Waals surface area contributed by atoms with Gasteiger partial charge in [0, 0.05) is 49.4 Å². The van der Waals surface area contributed by atoms with E-state index in [0.29, 0.717) is 30.9 Å². The van der Waals surface area contributed by atoms with Gasteiger partial charge in [0.25, 0.3) is 0 Å². The van der Waals surface area contributed by atoms with Crippen molar-refractivity contribution < 1.29 is 9.18 Å². The molecule has 138 valence electrons. The van der Waals surface area contributed by atoms with E-state index in [-0.39, 0.29) is 11.7 Å². The number of amides is 1. The van der Waals surface area contributed by atoms with Gasteiger partial charge in [-0.05, 0) is 25.5 Å². The van der Waals surface area contributed by atoms with Gasteiger partial charge < -0.3 is 9.80 Å². The van der Waals surface area contributed by atoms with Gasteiger partial charge in [0.05, 0.1) is 0 Å². The van der Waals surface area contributed by atoms with Crippen LogP contribution in [0.3, 0.4) is 0 Å². The van der Waals surface area contributed by atoms with E-state index in [9.17, 15) is 9.18 Å². The lowest BCUT2D eigenvalue weighted by atomic mass is 10.1. The van der Waals surface area contributed by atoms with Crippen molar-refractivity contribution in [1.82, 2.24) is 14.9 Å².